The molecule has 3 nitrogen and oxygen atoms in total. The largest absolute Gasteiger partial charge is 0.393 e. The van der Waals surface area contributed by atoms with E-state index >= 15 is 0 Å². The van der Waals surface area contributed by atoms with Gasteiger partial charge in [-0.2, -0.15) is 0 Å². The fourth-order valence-electron chi connectivity index (χ4n) is 9.16. The van der Waals surface area contributed by atoms with Crippen LogP contribution < -0.4 is 0 Å². The first kappa shape index (κ1) is 25.2. The molecule has 186 valence electrons. The van der Waals surface area contributed by atoms with Gasteiger partial charge in [0.25, 0.3) is 0 Å². The van der Waals surface area contributed by atoms with Crippen LogP contribution in [0.15, 0.2) is 22.8 Å². The number of Topliss-reactive ketones (excluding diaryl/α,β-unsaturated/α-hetero) is 1. The van der Waals surface area contributed by atoms with E-state index in [2.05, 4.69) is 47.6 Å². The summed E-state index contributed by atoms with van der Waals surface area (Å²) < 4.78 is 0. The van der Waals surface area contributed by atoms with Crippen molar-refractivity contribution in [1.82, 2.24) is 0 Å². The van der Waals surface area contributed by atoms with E-state index in [4.69, 9.17) is 0 Å². The Hall–Kier alpha value is -0.930. The molecule has 0 aliphatic heterocycles. The van der Waals surface area contributed by atoms with Gasteiger partial charge in [0.2, 0.25) is 0 Å². The fourth-order valence-corrected chi connectivity index (χ4v) is 9.16. The molecule has 3 heteroatoms. The SMILES string of the molecule is C/C(=C/CC[C@@H](C)[C@H]1CC[C@@]2(C)C3=C(CC[C@]12C)[C@@]1(C)CC[C@H](O)C(C)(C)[C@@H]1CC3=O)CO. The third kappa shape index (κ3) is 3.54. The maximum Gasteiger partial charge on any atom is 0.159 e. The second-order valence-corrected chi connectivity index (χ2v) is 13.5. The molecule has 4 aliphatic carbocycles. The summed E-state index contributed by atoms with van der Waals surface area (Å²) in [4.78, 5) is 13.9. The van der Waals surface area contributed by atoms with Crippen molar-refractivity contribution in [3.8, 4) is 0 Å². The van der Waals surface area contributed by atoms with Gasteiger partial charge in [-0.15, -0.1) is 0 Å². The van der Waals surface area contributed by atoms with Gasteiger partial charge < -0.3 is 10.2 Å². The van der Waals surface area contributed by atoms with E-state index in [0.29, 0.717) is 24.0 Å². The molecule has 0 aromatic carbocycles. The lowest BCUT2D eigenvalue weighted by Crippen LogP contribution is -2.57. The topological polar surface area (TPSA) is 57.5 Å². The van der Waals surface area contributed by atoms with E-state index in [9.17, 15) is 15.0 Å². The quantitative estimate of drug-likeness (QED) is 0.456. The maximum absolute atomic E-state index is 13.9. The minimum atomic E-state index is -0.310. The highest BCUT2D eigenvalue weighted by atomic mass is 16.3. The number of fused-ring (bicyclic) bond motifs is 4. The lowest BCUT2D eigenvalue weighted by molar-refractivity contribution is -0.134. The van der Waals surface area contributed by atoms with Gasteiger partial charge in [0, 0.05) is 17.4 Å². The van der Waals surface area contributed by atoms with Crippen LogP contribution in [-0.4, -0.2) is 28.7 Å². The number of hydrogen-bond acceptors (Lipinski definition) is 3. The predicted molar refractivity (Wildman–Crippen MR) is 135 cm³/mol. The zero-order chi connectivity index (χ0) is 24.4. The minimum absolute atomic E-state index is 0.0262. The molecule has 7 atom stereocenters. The molecule has 0 spiro atoms. The first-order valence-electron chi connectivity index (χ1n) is 13.5. The van der Waals surface area contributed by atoms with Gasteiger partial charge in [0.05, 0.1) is 12.7 Å². The number of ketones is 1. The first-order valence-corrected chi connectivity index (χ1v) is 13.5. The second-order valence-electron chi connectivity index (χ2n) is 13.5. The summed E-state index contributed by atoms with van der Waals surface area (Å²) in [6, 6.07) is 0. The Labute approximate surface area is 202 Å². The van der Waals surface area contributed by atoms with Gasteiger partial charge in [-0.25, -0.2) is 0 Å². The molecular weight excluding hydrogens is 408 g/mol. The highest BCUT2D eigenvalue weighted by Crippen LogP contribution is 2.71. The molecule has 2 fully saturated rings. The molecule has 0 heterocycles. The summed E-state index contributed by atoms with van der Waals surface area (Å²) in [6.07, 6.45) is 11.1. The van der Waals surface area contributed by atoms with Crippen molar-refractivity contribution in [2.75, 3.05) is 6.61 Å². The van der Waals surface area contributed by atoms with Crippen molar-refractivity contribution in [2.45, 2.75) is 112 Å². The smallest absolute Gasteiger partial charge is 0.159 e. The first-order chi connectivity index (χ1) is 15.3. The van der Waals surface area contributed by atoms with Gasteiger partial charge in [0.15, 0.2) is 5.78 Å². The number of allylic oxidation sites excluding steroid dienone is 3. The third-order valence-electron chi connectivity index (χ3n) is 11.7. The summed E-state index contributed by atoms with van der Waals surface area (Å²) in [6.45, 7) is 16.3. The van der Waals surface area contributed by atoms with E-state index in [1.807, 2.05) is 6.92 Å². The van der Waals surface area contributed by atoms with Crippen molar-refractivity contribution >= 4 is 5.78 Å². The van der Waals surface area contributed by atoms with Crippen LogP contribution in [0.3, 0.4) is 0 Å². The lowest BCUT2D eigenvalue weighted by atomic mass is 9.43. The Kier molecular flexibility index (Phi) is 6.35. The number of aliphatic hydroxyl groups is 2. The molecule has 2 N–H and O–H groups in total. The number of aliphatic hydroxyl groups excluding tert-OH is 2. The molecule has 0 unspecified atom stereocenters. The number of carbonyl (C=O) groups is 1. The van der Waals surface area contributed by atoms with E-state index in [0.717, 1.165) is 44.1 Å². The van der Waals surface area contributed by atoms with Crippen molar-refractivity contribution in [1.29, 1.82) is 0 Å². The van der Waals surface area contributed by atoms with E-state index < -0.39 is 0 Å². The van der Waals surface area contributed by atoms with E-state index in [-0.39, 0.29) is 40.3 Å². The minimum Gasteiger partial charge on any atom is -0.393 e. The number of carbonyl (C=O) groups excluding carboxylic acids is 1. The summed E-state index contributed by atoms with van der Waals surface area (Å²) in [5.74, 6) is 1.89. The predicted octanol–water partition coefficient (Wildman–Crippen LogP) is 6.63. The zero-order valence-corrected chi connectivity index (χ0v) is 22.3. The van der Waals surface area contributed by atoms with Gasteiger partial charge in [0.1, 0.15) is 0 Å². The summed E-state index contributed by atoms with van der Waals surface area (Å²) in [5, 5.41) is 20.1. The average Bonchev–Trinajstić information content (AvgIpc) is 3.04. The molecule has 2 saturated carbocycles. The Morgan fingerprint density at radius 1 is 1.12 bits per heavy atom. The molecule has 4 aliphatic rings. The summed E-state index contributed by atoms with van der Waals surface area (Å²) >= 11 is 0. The third-order valence-corrected chi connectivity index (χ3v) is 11.7. The van der Waals surface area contributed by atoms with Crippen LogP contribution in [0.25, 0.3) is 0 Å². The highest BCUT2D eigenvalue weighted by Gasteiger charge is 2.65. The molecule has 0 radical (unpaired) electrons. The Morgan fingerprint density at radius 2 is 1.82 bits per heavy atom. The van der Waals surface area contributed by atoms with Crippen LogP contribution in [-0.2, 0) is 4.79 Å². The molecule has 0 aromatic heterocycles. The van der Waals surface area contributed by atoms with E-state index in [1.54, 1.807) is 0 Å². The molecule has 33 heavy (non-hydrogen) atoms. The van der Waals surface area contributed by atoms with Gasteiger partial charge in [-0.3, -0.25) is 4.79 Å². The monoisotopic (exact) mass is 456 g/mol. The highest BCUT2D eigenvalue weighted by molar-refractivity contribution is 5.99. The van der Waals surface area contributed by atoms with Crippen molar-refractivity contribution in [3.63, 3.8) is 0 Å². The Bertz CT molecular complexity index is 866. The van der Waals surface area contributed by atoms with Crippen molar-refractivity contribution in [3.05, 3.63) is 22.8 Å². The van der Waals surface area contributed by atoms with Crippen LogP contribution >= 0.6 is 0 Å². The zero-order valence-electron chi connectivity index (χ0n) is 22.3. The van der Waals surface area contributed by atoms with Gasteiger partial charge in [-0.1, -0.05) is 58.8 Å². The fraction of sp³-hybridized carbons (Fsp3) is 0.833. The number of hydrogen-bond donors (Lipinski definition) is 2. The van der Waals surface area contributed by atoms with E-state index in [1.165, 1.54) is 24.0 Å². The van der Waals surface area contributed by atoms with Crippen LogP contribution in [0.5, 0.6) is 0 Å². The molecule has 0 amide bonds. The molecular formula is C30H48O3. The van der Waals surface area contributed by atoms with Crippen LogP contribution in [0, 0.1) is 39.4 Å². The summed E-state index contributed by atoms with van der Waals surface area (Å²) in [5.41, 5.74) is 3.73. The Balaban J connectivity index is 1.67. The van der Waals surface area contributed by atoms with Gasteiger partial charge in [-0.05, 0) is 92.3 Å². The van der Waals surface area contributed by atoms with Crippen molar-refractivity contribution < 1.29 is 15.0 Å². The normalized spacial score (nSPS) is 43.7. The Morgan fingerprint density at radius 3 is 2.48 bits per heavy atom. The molecule has 0 saturated heterocycles. The summed E-state index contributed by atoms with van der Waals surface area (Å²) in [7, 11) is 0. The van der Waals surface area contributed by atoms with Crippen molar-refractivity contribution in [2.24, 2.45) is 39.4 Å². The lowest BCUT2D eigenvalue weighted by Gasteiger charge is -2.61. The maximum atomic E-state index is 13.9. The number of rotatable bonds is 5. The molecule has 0 bridgehead atoms. The standard InChI is InChI=1S/C30H48O3/c1-19(18-31)9-8-10-20(2)21-11-16-30(7)26-22(12-15-29(21,30)6)28(5)14-13-25(33)27(3,4)24(28)17-23(26)32/h9,20-21,24-25,31,33H,8,10-18H2,1-7H3/b19-9-/t20-,21-,24+,25+,28-,29-,30+/m1/s1. The van der Waals surface area contributed by atoms with Crippen LogP contribution in [0.2, 0.25) is 0 Å². The molecule has 4 rings (SSSR count). The second kappa shape index (κ2) is 8.33. The van der Waals surface area contributed by atoms with Crippen LogP contribution in [0.1, 0.15) is 106 Å². The average molecular weight is 457 g/mol. The van der Waals surface area contributed by atoms with Gasteiger partial charge >= 0.3 is 0 Å². The van der Waals surface area contributed by atoms with Crippen LogP contribution in [0.4, 0.5) is 0 Å². The molecule has 0 aromatic rings.